The number of aryl methyl sites for hydroxylation is 1. The Morgan fingerprint density at radius 2 is 2.18 bits per heavy atom. The van der Waals surface area contributed by atoms with E-state index in [4.69, 9.17) is 10.5 Å². The maximum atomic E-state index is 14.7. The molecule has 0 unspecified atom stereocenters. The van der Waals surface area contributed by atoms with Crippen molar-refractivity contribution in [3.8, 4) is 0 Å². The molecule has 1 aliphatic carbocycles. The van der Waals surface area contributed by atoms with E-state index >= 15 is 0 Å². The SMILES string of the molecule is NC1=N[C@@]2(CCCc3ccc([N+](=O)[O-])cc32)C(F)(F)COC1. The third-order valence-electron chi connectivity index (χ3n) is 4.21. The number of nitro benzene ring substituents is 1. The molecule has 1 heterocycles. The van der Waals surface area contributed by atoms with Crippen molar-refractivity contribution >= 4 is 11.5 Å². The molecule has 0 amide bonds. The Balaban J connectivity index is 2.25. The molecule has 2 aliphatic rings. The quantitative estimate of drug-likeness (QED) is 0.635. The lowest BCUT2D eigenvalue weighted by Gasteiger charge is -2.40. The molecular weight excluding hydrogens is 296 g/mol. The van der Waals surface area contributed by atoms with Crippen LogP contribution in [0.25, 0.3) is 0 Å². The summed E-state index contributed by atoms with van der Waals surface area (Å²) in [5, 5.41) is 11.0. The molecule has 2 N–H and O–H groups in total. The van der Waals surface area contributed by atoms with Crippen LogP contribution in [0, 0.1) is 10.1 Å². The molecule has 0 aromatic heterocycles. The molecule has 118 valence electrons. The third-order valence-corrected chi connectivity index (χ3v) is 4.21. The van der Waals surface area contributed by atoms with E-state index in [0.717, 1.165) is 0 Å². The Bertz CT molecular complexity index is 663. The molecule has 6 nitrogen and oxygen atoms in total. The van der Waals surface area contributed by atoms with Gasteiger partial charge in [0, 0.05) is 12.1 Å². The number of benzene rings is 1. The van der Waals surface area contributed by atoms with Crippen LogP contribution in [0.4, 0.5) is 14.5 Å². The van der Waals surface area contributed by atoms with Crippen molar-refractivity contribution < 1.29 is 18.4 Å². The molecule has 0 radical (unpaired) electrons. The number of aliphatic imine (C=N–C) groups is 1. The number of halogens is 2. The van der Waals surface area contributed by atoms with Crippen LogP contribution in [-0.2, 0) is 16.7 Å². The predicted octanol–water partition coefficient (Wildman–Crippen LogP) is 2.15. The van der Waals surface area contributed by atoms with Gasteiger partial charge in [0.25, 0.3) is 11.6 Å². The number of ether oxygens (including phenoxy) is 1. The summed E-state index contributed by atoms with van der Waals surface area (Å²) in [4.78, 5) is 14.4. The van der Waals surface area contributed by atoms with Crippen LogP contribution >= 0.6 is 0 Å². The number of fused-ring (bicyclic) bond motifs is 2. The molecule has 0 bridgehead atoms. The fraction of sp³-hybridized carbons (Fsp3) is 0.500. The topological polar surface area (TPSA) is 90.8 Å². The Morgan fingerprint density at radius 1 is 1.41 bits per heavy atom. The molecule has 1 aromatic carbocycles. The van der Waals surface area contributed by atoms with Crippen molar-refractivity contribution in [2.45, 2.75) is 30.7 Å². The third kappa shape index (κ3) is 2.14. The van der Waals surface area contributed by atoms with Gasteiger partial charge in [-0.2, -0.15) is 0 Å². The van der Waals surface area contributed by atoms with E-state index in [0.29, 0.717) is 18.4 Å². The molecule has 1 aliphatic heterocycles. The van der Waals surface area contributed by atoms with E-state index in [1.165, 1.54) is 18.2 Å². The first-order valence-corrected chi connectivity index (χ1v) is 6.93. The summed E-state index contributed by atoms with van der Waals surface area (Å²) in [6.45, 7) is -0.971. The lowest BCUT2D eigenvalue weighted by Crippen LogP contribution is -2.48. The van der Waals surface area contributed by atoms with Gasteiger partial charge >= 0.3 is 0 Å². The van der Waals surface area contributed by atoms with Crippen LogP contribution < -0.4 is 5.73 Å². The van der Waals surface area contributed by atoms with E-state index in [2.05, 4.69) is 4.99 Å². The van der Waals surface area contributed by atoms with Crippen LogP contribution in [0.1, 0.15) is 24.0 Å². The minimum absolute atomic E-state index is 0.0171. The van der Waals surface area contributed by atoms with Crippen molar-refractivity contribution in [1.29, 1.82) is 0 Å². The Labute approximate surface area is 125 Å². The number of alkyl halides is 2. The zero-order chi connectivity index (χ0) is 16.0. The molecule has 3 rings (SSSR count). The first-order chi connectivity index (χ1) is 10.4. The van der Waals surface area contributed by atoms with Crippen molar-refractivity contribution in [3.05, 3.63) is 39.4 Å². The van der Waals surface area contributed by atoms with E-state index < -0.39 is 23.0 Å². The highest BCUT2D eigenvalue weighted by molar-refractivity contribution is 5.82. The lowest BCUT2D eigenvalue weighted by molar-refractivity contribution is -0.385. The smallest absolute Gasteiger partial charge is 0.299 e. The van der Waals surface area contributed by atoms with Gasteiger partial charge in [-0.25, -0.2) is 8.78 Å². The minimum Gasteiger partial charge on any atom is -0.385 e. The second kappa shape index (κ2) is 4.98. The van der Waals surface area contributed by atoms with E-state index in [1.807, 2.05) is 0 Å². The van der Waals surface area contributed by atoms with Crippen molar-refractivity contribution in [2.24, 2.45) is 10.7 Å². The highest BCUT2D eigenvalue weighted by Crippen LogP contribution is 2.50. The van der Waals surface area contributed by atoms with Gasteiger partial charge in [-0.1, -0.05) is 6.07 Å². The Hall–Kier alpha value is -2.09. The van der Waals surface area contributed by atoms with Crippen molar-refractivity contribution in [2.75, 3.05) is 13.2 Å². The van der Waals surface area contributed by atoms with Crippen LogP contribution in [0.2, 0.25) is 0 Å². The number of rotatable bonds is 1. The van der Waals surface area contributed by atoms with Crippen LogP contribution in [0.15, 0.2) is 23.2 Å². The number of hydrogen-bond acceptors (Lipinski definition) is 5. The second-order valence-electron chi connectivity index (χ2n) is 5.61. The molecule has 1 atom stereocenters. The highest BCUT2D eigenvalue weighted by atomic mass is 19.3. The summed E-state index contributed by atoms with van der Waals surface area (Å²) in [5.74, 6) is -3.30. The monoisotopic (exact) mass is 311 g/mol. The lowest BCUT2D eigenvalue weighted by atomic mass is 9.73. The van der Waals surface area contributed by atoms with E-state index in [1.54, 1.807) is 0 Å². The van der Waals surface area contributed by atoms with Gasteiger partial charge in [-0.05, 0) is 30.4 Å². The fourth-order valence-corrected chi connectivity index (χ4v) is 3.21. The average molecular weight is 311 g/mol. The van der Waals surface area contributed by atoms with Crippen molar-refractivity contribution in [3.63, 3.8) is 0 Å². The van der Waals surface area contributed by atoms with Crippen LogP contribution in [-0.4, -0.2) is 29.9 Å². The van der Waals surface area contributed by atoms with Gasteiger partial charge in [0.15, 0.2) is 5.54 Å². The second-order valence-corrected chi connectivity index (χ2v) is 5.61. The van der Waals surface area contributed by atoms with E-state index in [-0.39, 0.29) is 30.1 Å². The summed E-state index contributed by atoms with van der Waals surface area (Å²) in [5.41, 5.74) is 4.40. The Morgan fingerprint density at radius 3 is 2.91 bits per heavy atom. The zero-order valence-electron chi connectivity index (χ0n) is 11.7. The number of nitro groups is 1. The number of non-ortho nitro benzene ring substituents is 1. The van der Waals surface area contributed by atoms with Gasteiger partial charge in [0.2, 0.25) is 0 Å². The summed E-state index contributed by atoms with van der Waals surface area (Å²) < 4.78 is 34.4. The predicted molar refractivity (Wildman–Crippen MR) is 75.1 cm³/mol. The van der Waals surface area contributed by atoms with Crippen LogP contribution in [0.5, 0.6) is 0 Å². The van der Waals surface area contributed by atoms with Gasteiger partial charge in [0.05, 0.1) is 4.92 Å². The first kappa shape index (κ1) is 14.8. The maximum absolute atomic E-state index is 14.7. The van der Waals surface area contributed by atoms with E-state index in [9.17, 15) is 18.9 Å². The molecule has 1 spiro atoms. The normalized spacial score (nSPS) is 26.9. The zero-order valence-corrected chi connectivity index (χ0v) is 11.7. The molecule has 0 saturated carbocycles. The number of amidine groups is 1. The summed E-state index contributed by atoms with van der Waals surface area (Å²) in [7, 11) is 0. The fourth-order valence-electron chi connectivity index (χ4n) is 3.21. The number of nitrogens with two attached hydrogens (primary N) is 1. The number of nitrogens with zero attached hydrogens (tertiary/aromatic N) is 2. The minimum atomic E-state index is -3.28. The maximum Gasteiger partial charge on any atom is 0.299 e. The molecule has 8 heteroatoms. The standard InChI is InChI=1S/C14H15F2N3O3/c15-14(16)8-22-7-12(17)18-13(14)5-1-2-9-3-4-10(19(20)21)6-11(9)13/h3-4,6H,1-2,5,7-8H2,(H2,17,18)/t13-/m1/s1. The summed E-state index contributed by atoms with van der Waals surface area (Å²) in [6, 6.07) is 4.06. The number of hydrogen-bond donors (Lipinski definition) is 1. The average Bonchev–Trinajstić information content (AvgIpc) is 2.56. The van der Waals surface area contributed by atoms with Gasteiger partial charge in [-0.3, -0.25) is 15.1 Å². The molecule has 1 aromatic rings. The van der Waals surface area contributed by atoms with Gasteiger partial charge in [0.1, 0.15) is 19.0 Å². The van der Waals surface area contributed by atoms with Crippen LogP contribution in [0.3, 0.4) is 0 Å². The van der Waals surface area contributed by atoms with Crippen molar-refractivity contribution in [1.82, 2.24) is 0 Å². The van der Waals surface area contributed by atoms with Gasteiger partial charge < -0.3 is 10.5 Å². The van der Waals surface area contributed by atoms with Gasteiger partial charge in [-0.15, -0.1) is 0 Å². The molecule has 0 saturated heterocycles. The molecule has 22 heavy (non-hydrogen) atoms. The molecule has 0 fully saturated rings. The Kier molecular flexibility index (Phi) is 3.36. The summed E-state index contributed by atoms with van der Waals surface area (Å²) >= 11 is 0. The first-order valence-electron chi connectivity index (χ1n) is 6.93. The largest absolute Gasteiger partial charge is 0.385 e. The summed E-state index contributed by atoms with van der Waals surface area (Å²) in [6.07, 6.45) is 1.18. The molecular formula is C14H15F2N3O3. The highest BCUT2D eigenvalue weighted by Gasteiger charge is 2.58.